The summed E-state index contributed by atoms with van der Waals surface area (Å²) in [6.07, 6.45) is 1.72. The fourth-order valence-electron chi connectivity index (χ4n) is 3.57. The van der Waals surface area contributed by atoms with Gasteiger partial charge in [-0.1, -0.05) is 25.1 Å². The van der Waals surface area contributed by atoms with E-state index >= 15 is 0 Å². The van der Waals surface area contributed by atoms with Crippen molar-refractivity contribution < 1.29 is 23.8 Å². The van der Waals surface area contributed by atoms with Gasteiger partial charge in [0.25, 0.3) is 5.91 Å². The van der Waals surface area contributed by atoms with Crippen molar-refractivity contribution in [2.24, 2.45) is 5.92 Å². The molecule has 3 rings (SSSR count). The molecule has 0 bridgehead atoms. The summed E-state index contributed by atoms with van der Waals surface area (Å²) in [7, 11) is 4.47. The third-order valence-electron chi connectivity index (χ3n) is 5.39. The first-order chi connectivity index (χ1) is 15.9. The van der Waals surface area contributed by atoms with E-state index in [0.717, 1.165) is 5.69 Å². The van der Waals surface area contributed by atoms with Gasteiger partial charge < -0.3 is 19.1 Å². The lowest BCUT2D eigenvalue weighted by Crippen LogP contribution is -2.37. The van der Waals surface area contributed by atoms with Gasteiger partial charge in [-0.15, -0.1) is 0 Å². The fourth-order valence-corrected chi connectivity index (χ4v) is 3.57. The van der Waals surface area contributed by atoms with Crippen LogP contribution in [0.25, 0.3) is 16.9 Å². The Morgan fingerprint density at radius 2 is 1.73 bits per heavy atom. The van der Waals surface area contributed by atoms with Gasteiger partial charge in [0.05, 0.1) is 38.5 Å². The molecule has 2 aromatic carbocycles. The predicted octanol–water partition coefficient (Wildman–Crippen LogP) is 3.83. The summed E-state index contributed by atoms with van der Waals surface area (Å²) < 4.78 is 17.3. The zero-order valence-corrected chi connectivity index (χ0v) is 19.6. The number of aromatic nitrogens is 2. The molecule has 1 heterocycles. The zero-order chi connectivity index (χ0) is 24.0. The monoisotopic (exact) mass is 451 g/mol. The van der Waals surface area contributed by atoms with Crippen LogP contribution in [-0.2, 0) is 9.53 Å². The number of nitrogens with zero attached hydrogens (tertiary/aromatic N) is 3. The molecule has 0 N–H and O–H groups in total. The van der Waals surface area contributed by atoms with Crippen LogP contribution in [0.1, 0.15) is 24.2 Å². The first kappa shape index (κ1) is 23.8. The molecule has 0 aliphatic heterocycles. The summed E-state index contributed by atoms with van der Waals surface area (Å²) in [6.45, 7) is 4.29. The van der Waals surface area contributed by atoms with Gasteiger partial charge >= 0.3 is 5.97 Å². The molecule has 8 heteroatoms. The number of rotatable bonds is 9. The quantitative estimate of drug-likeness (QED) is 0.460. The minimum Gasteiger partial charge on any atom is -0.493 e. The number of hydrogen-bond donors (Lipinski definition) is 0. The van der Waals surface area contributed by atoms with Crippen molar-refractivity contribution in [2.75, 3.05) is 34.4 Å². The smallest absolute Gasteiger partial charge is 0.310 e. The third-order valence-corrected chi connectivity index (χ3v) is 5.39. The maximum atomic E-state index is 13.6. The Morgan fingerprint density at radius 3 is 2.33 bits per heavy atom. The van der Waals surface area contributed by atoms with Crippen LogP contribution < -0.4 is 9.47 Å². The summed E-state index contributed by atoms with van der Waals surface area (Å²) in [5.41, 5.74) is 2.46. The molecule has 3 aromatic rings. The molecule has 1 aromatic heterocycles. The molecule has 0 saturated heterocycles. The molecule has 174 valence electrons. The zero-order valence-electron chi connectivity index (χ0n) is 19.6. The number of carbonyl (C=O) groups excluding carboxylic acids is 2. The van der Waals surface area contributed by atoms with Gasteiger partial charge in [-0.2, -0.15) is 5.10 Å². The third kappa shape index (κ3) is 5.16. The fraction of sp³-hybridized carbons (Fsp3) is 0.320. The van der Waals surface area contributed by atoms with Crippen molar-refractivity contribution >= 4 is 11.9 Å². The molecule has 1 unspecified atom stereocenters. The molecule has 0 spiro atoms. The van der Waals surface area contributed by atoms with E-state index in [-0.39, 0.29) is 18.4 Å². The van der Waals surface area contributed by atoms with E-state index in [0.29, 0.717) is 34.9 Å². The van der Waals surface area contributed by atoms with Gasteiger partial charge in [0.1, 0.15) is 5.69 Å². The van der Waals surface area contributed by atoms with Crippen LogP contribution in [0.5, 0.6) is 11.5 Å². The topological polar surface area (TPSA) is 82.9 Å². The van der Waals surface area contributed by atoms with Gasteiger partial charge in [-0.3, -0.25) is 9.59 Å². The summed E-state index contributed by atoms with van der Waals surface area (Å²) in [5, 5.41) is 4.73. The van der Waals surface area contributed by atoms with Crippen molar-refractivity contribution in [1.29, 1.82) is 0 Å². The number of para-hydroxylation sites is 1. The van der Waals surface area contributed by atoms with Gasteiger partial charge in [0.2, 0.25) is 0 Å². The van der Waals surface area contributed by atoms with E-state index in [1.165, 1.54) is 7.11 Å². The number of hydrogen-bond acceptors (Lipinski definition) is 6. The standard InChI is InChI=1S/C25H29N3O5/c1-6-27(15-17(2)25(30)33-5)24(29)20-16-28(19-10-8-7-9-11-19)26-23(20)18-12-13-21(31-3)22(14-18)32-4/h7-14,16-17H,6,15H2,1-5H3. The number of methoxy groups -OCH3 is 3. The van der Waals surface area contributed by atoms with Crippen LogP contribution >= 0.6 is 0 Å². The Kier molecular flexibility index (Phi) is 7.71. The van der Waals surface area contributed by atoms with Gasteiger partial charge in [-0.25, -0.2) is 4.68 Å². The van der Waals surface area contributed by atoms with E-state index in [1.54, 1.807) is 49.1 Å². The normalized spacial score (nSPS) is 11.5. The van der Waals surface area contributed by atoms with Crippen molar-refractivity contribution in [3.63, 3.8) is 0 Å². The summed E-state index contributed by atoms with van der Waals surface area (Å²) >= 11 is 0. The minimum absolute atomic E-state index is 0.222. The van der Waals surface area contributed by atoms with Crippen molar-refractivity contribution in [2.45, 2.75) is 13.8 Å². The highest BCUT2D eigenvalue weighted by Crippen LogP contribution is 2.34. The van der Waals surface area contributed by atoms with Crippen LogP contribution in [0.3, 0.4) is 0 Å². The Labute approximate surface area is 193 Å². The van der Waals surface area contributed by atoms with E-state index < -0.39 is 5.92 Å². The van der Waals surface area contributed by atoms with Gasteiger partial charge in [-0.05, 0) is 37.3 Å². The molecule has 0 radical (unpaired) electrons. The van der Waals surface area contributed by atoms with Crippen LogP contribution in [0.15, 0.2) is 54.7 Å². The average molecular weight is 452 g/mol. The lowest BCUT2D eigenvalue weighted by atomic mass is 10.1. The maximum absolute atomic E-state index is 13.6. The molecule has 0 fully saturated rings. The van der Waals surface area contributed by atoms with E-state index in [9.17, 15) is 9.59 Å². The first-order valence-corrected chi connectivity index (χ1v) is 10.7. The van der Waals surface area contributed by atoms with Gasteiger partial charge in [0, 0.05) is 24.8 Å². The molecule has 0 aliphatic carbocycles. The predicted molar refractivity (Wildman–Crippen MR) is 125 cm³/mol. The molecular weight excluding hydrogens is 422 g/mol. The Hall–Kier alpha value is -3.81. The van der Waals surface area contributed by atoms with Gasteiger partial charge in [0.15, 0.2) is 11.5 Å². The van der Waals surface area contributed by atoms with E-state index in [2.05, 4.69) is 0 Å². The van der Waals surface area contributed by atoms with Crippen LogP contribution in [0.4, 0.5) is 0 Å². The number of esters is 1. The maximum Gasteiger partial charge on any atom is 0.310 e. The van der Waals surface area contributed by atoms with Crippen LogP contribution in [-0.4, -0.2) is 61.0 Å². The summed E-state index contributed by atoms with van der Waals surface area (Å²) in [6, 6.07) is 15.0. The SMILES string of the molecule is CCN(CC(C)C(=O)OC)C(=O)c1cn(-c2ccccc2)nc1-c1ccc(OC)c(OC)c1. The van der Waals surface area contributed by atoms with Crippen molar-refractivity contribution in [3.05, 3.63) is 60.3 Å². The largest absolute Gasteiger partial charge is 0.493 e. The minimum atomic E-state index is -0.451. The second-order valence-electron chi connectivity index (χ2n) is 7.51. The highest BCUT2D eigenvalue weighted by Gasteiger charge is 2.26. The second kappa shape index (κ2) is 10.7. The lowest BCUT2D eigenvalue weighted by molar-refractivity contribution is -0.145. The molecule has 1 atom stereocenters. The Bertz CT molecular complexity index is 1110. The highest BCUT2D eigenvalue weighted by molar-refractivity contribution is 6.00. The first-order valence-electron chi connectivity index (χ1n) is 10.7. The second-order valence-corrected chi connectivity index (χ2v) is 7.51. The average Bonchev–Trinajstić information content (AvgIpc) is 3.31. The molecule has 1 amide bonds. The summed E-state index contributed by atoms with van der Waals surface area (Å²) in [5.74, 6) is 0.0854. The van der Waals surface area contributed by atoms with Crippen LogP contribution in [0, 0.1) is 5.92 Å². The summed E-state index contributed by atoms with van der Waals surface area (Å²) in [4.78, 5) is 27.2. The van der Waals surface area contributed by atoms with Crippen molar-refractivity contribution in [1.82, 2.24) is 14.7 Å². The number of carbonyl (C=O) groups is 2. The molecule has 8 nitrogen and oxygen atoms in total. The van der Waals surface area contributed by atoms with Crippen molar-refractivity contribution in [3.8, 4) is 28.4 Å². The number of benzene rings is 2. The Morgan fingerprint density at radius 1 is 1.03 bits per heavy atom. The number of ether oxygens (including phenoxy) is 3. The molecule has 0 aliphatic rings. The van der Waals surface area contributed by atoms with Crippen LogP contribution in [0.2, 0.25) is 0 Å². The van der Waals surface area contributed by atoms with E-state index in [4.69, 9.17) is 19.3 Å². The van der Waals surface area contributed by atoms with E-state index in [1.807, 2.05) is 43.3 Å². The molecule has 0 saturated carbocycles. The number of amides is 1. The molecular formula is C25H29N3O5. The highest BCUT2D eigenvalue weighted by atomic mass is 16.5. The molecule has 33 heavy (non-hydrogen) atoms. The lowest BCUT2D eigenvalue weighted by Gasteiger charge is -2.23. The Balaban J connectivity index is 2.08.